The van der Waals surface area contributed by atoms with Gasteiger partial charge in [-0.15, -0.1) is 5.10 Å². The van der Waals surface area contributed by atoms with Crippen LogP contribution in [0.15, 0.2) is 16.9 Å². The van der Waals surface area contributed by atoms with Crippen molar-refractivity contribution in [2.75, 3.05) is 5.32 Å². The third kappa shape index (κ3) is 1.68. The van der Waals surface area contributed by atoms with Crippen molar-refractivity contribution in [1.29, 1.82) is 0 Å². The summed E-state index contributed by atoms with van der Waals surface area (Å²) in [6, 6.07) is 4.25. The summed E-state index contributed by atoms with van der Waals surface area (Å²) in [5.41, 5.74) is 0.267. The molecule has 94 valence electrons. The Kier molecular flexibility index (Phi) is 2.00. The number of H-pyrrole nitrogens is 1. The van der Waals surface area contributed by atoms with Crippen LogP contribution in [0.3, 0.4) is 0 Å². The highest BCUT2D eigenvalue weighted by atomic mass is 16.2. The molecule has 0 saturated heterocycles. The average Bonchev–Trinajstić information content (AvgIpc) is 3.26. The van der Waals surface area contributed by atoms with Crippen LogP contribution in [0.25, 0.3) is 5.65 Å². The van der Waals surface area contributed by atoms with Crippen LogP contribution < -0.4 is 11.0 Å². The molecule has 2 N–H and O–H groups in total. The summed E-state index contributed by atoms with van der Waals surface area (Å²) in [5.74, 6) is 2.38. The third-order valence-corrected chi connectivity index (χ3v) is 3.85. The van der Waals surface area contributed by atoms with Crippen LogP contribution in [-0.2, 0) is 0 Å². The van der Waals surface area contributed by atoms with Gasteiger partial charge in [0.05, 0.1) is 0 Å². The van der Waals surface area contributed by atoms with Crippen LogP contribution in [0.4, 0.5) is 5.82 Å². The Morgan fingerprint density at radius 1 is 1.28 bits per heavy atom. The summed E-state index contributed by atoms with van der Waals surface area (Å²) >= 11 is 0. The maximum atomic E-state index is 11.5. The van der Waals surface area contributed by atoms with E-state index >= 15 is 0 Å². The van der Waals surface area contributed by atoms with E-state index in [1.807, 2.05) is 12.1 Å². The highest BCUT2D eigenvalue weighted by Gasteiger charge is 2.41. The van der Waals surface area contributed by atoms with Gasteiger partial charge in [0.2, 0.25) is 0 Å². The standard InChI is InChI=1S/C12H15N5O/c18-12-15-14-10-6-5-9(16-17(10)12)13-11(7-1-2-7)8-3-4-8/h5-8,11H,1-4H2,(H,13,16)(H,15,18). The highest BCUT2D eigenvalue weighted by Crippen LogP contribution is 2.45. The molecule has 2 fully saturated rings. The Hall–Kier alpha value is -1.85. The fourth-order valence-electron chi connectivity index (χ4n) is 2.58. The first-order chi connectivity index (χ1) is 8.81. The lowest BCUT2D eigenvalue weighted by Gasteiger charge is -2.17. The number of nitrogens with one attached hydrogen (secondary N) is 2. The van der Waals surface area contributed by atoms with Crippen molar-refractivity contribution in [3.8, 4) is 0 Å². The number of nitrogens with zero attached hydrogens (tertiary/aromatic N) is 3. The van der Waals surface area contributed by atoms with E-state index in [0.717, 1.165) is 17.7 Å². The van der Waals surface area contributed by atoms with E-state index in [-0.39, 0.29) is 5.69 Å². The van der Waals surface area contributed by atoms with Crippen molar-refractivity contribution in [2.24, 2.45) is 11.8 Å². The van der Waals surface area contributed by atoms with Crippen LogP contribution in [0, 0.1) is 11.8 Å². The Morgan fingerprint density at radius 3 is 2.67 bits per heavy atom. The molecular formula is C12H15N5O. The Bertz CT molecular complexity index is 625. The van der Waals surface area contributed by atoms with Gasteiger partial charge in [-0.05, 0) is 49.7 Å². The second kappa shape index (κ2) is 3.57. The summed E-state index contributed by atoms with van der Waals surface area (Å²) in [7, 11) is 0. The van der Waals surface area contributed by atoms with Gasteiger partial charge in [0, 0.05) is 6.04 Å². The average molecular weight is 245 g/mol. The molecule has 2 aliphatic carbocycles. The van der Waals surface area contributed by atoms with Gasteiger partial charge in [0.1, 0.15) is 5.82 Å². The number of aromatic nitrogens is 4. The second-order valence-electron chi connectivity index (χ2n) is 5.36. The number of anilines is 1. The van der Waals surface area contributed by atoms with Crippen molar-refractivity contribution in [2.45, 2.75) is 31.7 Å². The molecule has 2 aliphatic rings. The van der Waals surface area contributed by atoms with Crippen LogP contribution in [0.5, 0.6) is 0 Å². The van der Waals surface area contributed by atoms with Crippen molar-refractivity contribution >= 4 is 11.5 Å². The van der Waals surface area contributed by atoms with Gasteiger partial charge in [0.25, 0.3) is 0 Å². The van der Waals surface area contributed by atoms with Crippen molar-refractivity contribution < 1.29 is 0 Å². The largest absolute Gasteiger partial charge is 0.365 e. The summed E-state index contributed by atoms with van der Waals surface area (Å²) in [4.78, 5) is 11.5. The summed E-state index contributed by atoms with van der Waals surface area (Å²) in [5, 5.41) is 14.1. The minimum Gasteiger partial charge on any atom is -0.365 e. The van der Waals surface area contributed by atoms with E-state index in [2.05, 4.69) is 20.6 Å². The van der Waals surface area contributed by atoms with Gasteiger partial charge in [-0.1, -0.05) is 0 Å². The van der Waals surface area contributed by atoms with Gasteiger partial charge in [-0.25, -0.2) is 9.89 Å². The van der Waals surface area contributed by atoms with E-state index < -0.39 is 0 Å². The monoisotopic (exact) mass is 245 g/mol. The molecule has 6 nitrogen and oxygen atoms in total. The summed E-state index contributed by atoms with van der Waals surface area (Å²) < 4.78 is 1.30. The van der Waals surface area contributed by atoms with Crippen molar-refractivity contribution in [3.05, 3.63) is 22.6 Å². The zero-order valence-electron chi connectivity index (χ0n) is 9.97. The van der Waals surface area contributed by atoms with E-state index in [0.29, 0.717) is 11.7 Å². The highest BCUT2D eigenvalue weighted by molar-refractivity contribution is 5.44. The number of hydrogen-bond donors (Lipinski definition) is 2. The lowest BCUT2D eigenvalue weighted by molar-refractivity contribution is 0.564. The third-order valence-electron chi connectivity index (χ3n) is 3.85. The molecule has 0 aliphatic heterocycles. The molecular weight excluding hydrogens is 230 g/mol. The first kappa shape index (κ1) is 10.1. The lowest BCUT2D eigenvalue weighted by atomic mass is 10.1. The van der Waals surface area contributed by atoms with Crippen LogP contribution in [-0.4, -0.2) is 25.9 Å². The Balaban J connectivity index is 1.64. The molecule has 2 aromatic rings. The molecule has 2 heterocycles. The van der Waals surface area contributed by atoms with Crippen LogP contribution in [0.1, 0.15) is 25.7 Å². The van der Waals surface area contributed by atoms with Crippen molar-refractivity contribution in [1.82, 2.24) is 19.8 Å². The second-order valence-corrected chi connectivity index (χ2v) is 5.36. The molecule has 0 spiro atoms. The van der Waals surface area contributed by atoms with Gasteiger partial charge in [-0.3, -0.25) is 0 Å². The molecule has 0 aromatic carbocycles. The topological polar surface area (TPSA) is 75.1 Å². The SMILES string of the molecule is O=c1[nH]nc2ccc(NC(C3CC3)C3CC3)nn12. The first-order valence-electron chi connectivity index (χ1n) is 6.52. The number of aromatic amines is 1. The summed E-state index contributed by atoms with van der Waals surface area (Å²) in [6.45, 7) is 0. The van der Waals surface area contributed by atoms with Gasteiger partial charge in [-0.2, -0.15) is 9.61 Å². The molecule has 2 saturated carbocycles. The molecule has 0 radical (unpaired) electrons. The fourth-order valence-corrected chi connectivity index (χ4v) is 2.58. The van der Waals surface area contributed by atoms with Gasteiger partial charge in [0.15, 0.2) is 5.65 Å². The molecule has 0 amide bonds. The lowest BCUT2D eigenvalue weighted by Crippen LogP contribution is -2.25. The summed E-state index contributed by atoms with van der Waals surface area (Å²) in [6.07, 6.45) is 5.29. The fraction of sp³-hybridized carbons (Fsp3) is 0.583. The maximum Gasteiger partial charge on any atom is 0.364 e. The van der Waals surface area contributed by atoms with Gasteiger partial charge >= 0.3 is 5.69 Å². The minimum absolute atomic E-state index is 0.289. The number of fused-ring (bicyclic) bond motifs is 1. The zero-order valence-corrected chi connectivity index (χ0v) is 9.97. The molecule has 0 bridgehead atoms. The zero-order chi connectivity index (χ0) is 12.1. The molecule has 0 atom stereocenters. The van der Waals surface area contributed by atoms with E-state index in [1.165, 1.54) is 30.2 Å². The Morgan fingerprint density at radius 2 is 2.00 bits per heavy atom. The minimum atomic E-state index is -0.289. The normalized spacial score (nSPS) is 19.6. The smallest absolute Gasteiger partial charge is 0.364 e. The van der Waals surface area contributed by atoms with E-state index in [4.69, 9.17) is 0 Å². The van der Waals surface area contributed by atoms with Crippen LogP contribution in [0.2, 0.25) is 0 Å². The molecule has 2 aromatic heterocycles. The quantitative estimate of drug-likeness (QED) is 0.843. The predicted molar refractivity (Wildman–Crippen MR) is 66.5 cm³/mol. The predicted octanol–water partition coefficient (Wildman–Crippen LogP) is 1.02. The molecule has 0 unspecified atom stereocenters. The van der Waals surface area contributed by atoms with Gasteiger partial charge < -0.3 is 5.32 Å². The first-order valence-corrected chi connectivity index (χ1v) is 6.52. The number of hydrogen-bond acceptors (Lipinski definition) is 4. The van der Waals surface area contributed by atoms with Crippen LogP contribution >= 0.6 is 0 Å². The molecule has 6 heteroatoms. The number of rotatable bonds is 4. The van der Waals surface area contributed by atoms with E-state index in [9.17, 15) is 4.79 Å². The molecule has 18 heavy (non-hydrogen) atoms. The Labute approximate surface area is 103 Å². The van der Waals surface area contributed by atoms with E-state index in [1.54, 1.807) is 0 Å². The van der Waals surface area contributed by atoms with Crippen molar-refractivity contribution in [3.63, 3.8) is 0 Å². The molecule has 4 rings (SSSR count). The maximum absolute atomic E-state index is 11.5.